The molecule has 3 amide bonds. The van der Waals surface area contributed by atoms with Gasteiger partial charge in [-0.15, -0.1) is 0 Å². The Labute approximate surface area is 160 Å². The summed E-state index contributed by atoms with van der Waals surface area (Å²) < 4.78 is 26.8. The summed E-state index contributed by atoms with van der Waals surface area (Å²) in [5.74, 6) is -0.604. The van der Waals surface area contributed by atoms with Gasteiger partial charge in [0.25, 0.3) is 15.9 Å². The van der Waals surface area contributed by atoms with Gasteiger partial charge in [0.05, 0.1) is 4.90 Å². The number of hydrogen-bond acceptors (Lipinski definition) is 6. The Hall–Kier alpha value is -3.79. The van der Waals surface area contributed by atoms with E-state index in [9.17, 15) is 18.0 Å². The Morgan fingerprint density at radius 2 is 1.46 bits per heavy atom. The number of carbonyl (C=O) groups is 2. The smallest absolute Gasteiger partial charge is 0.308 e. The van der Waals surface area contributed by atoms with E-state index in [4.69, 9.17) is 0 Å². The minimum atomic E-state index is -3.87. The van der Waals surface area contributed by atoms with Gasteiger partial charge in [0, 0.05) is 23.6 Å². The summed E-state index contributed by atoms with van der Waals surface area (Å²) >= 11 is 0. The third-order valence-electron chi connectivity index (χ3n) is 3.48. The first-order chi connectivity index (χ1) is 13.4. The van der Waals surface area contributed by atoms with Crippen molar-refractivity contribution >= 4 is 33.6 Å². The highest BCUT2D eigenvalue weighted by molar-refractivity contribution is 7.92. The molecule has 28 heavy (non-hydrogen) atoms. The molecule has 3 N–H and O–H groups in total. The van der Waals surface area contributed by atoms with E-state index >= 15 is 0 Å². The van der Waals surface area contributed by atoms with Crippen molar-refractivity contribution < 1.29 is 18.0 Å². The van der Waals surface area contributed by atoms with Gasteiger partial charge in [-0.25, -0.2) is 27.9 Å². The Bertz CT molecular complexity index is 1070. The molecule has 0 aliphatic rings. The molecule has 0 saturated heterocycles. The molecule has 2 aromatic carbocycles. The van der Waals surface area contributed by atoms with E-state index in [1.807, 2.05) is 0 Å². The van der Waals surface area contributed by atoms with Crippen molar-refractivity contribution in [1.82, 2.24) is 15.3 Å². The van der Waals surface area contributed by atoms with Crippen LogP contribution in [0.3, 0.4) is 0 Å². The fraction of sp³-hybridized carbons (Fsp3) is 0. The topological polar surface area (TPSA) is 130 Å². The van der Waals surface area contributed by atoms with Crippen molar-refractivity contribution in [3.8, 4) is 0 Å². The van der Waals surface area contributed by atoms with Crippen LogP contribution in [0.25, 0.3) is 0 Å². The standard InChI is InChI=1S/C18H15N5O4S/c24-16(13-5-2-1-3-6-13)22-18(25)21-14-7-9-15(10-8-14)28(26,27)23-17-19-11-4-12-20-17/h1-12H,(H,19,20,23)(H2,21,22,24,25). The monoisotopic (exact) mass is 397 g/mol. The van der Waals surface area contributed by atoms with Crippen LogP contribution in [0.1, 0.15) is 10.4 Å². The Balaban J connectivity index is 1.62. The summed E-state index contributed by atoms with van der Waals surface area (Å²) in [7, 11) is -3.87. The molecule has 9 nitrogen and oxygen atoms in total. The molecule has 1 heterocycles. The molecule has 1 aromatic heterocycles. The largest absolute Gasteiger partial charge is 0.326 e. The molecular formula is C18H15N5O4S. The third kappa shape index (κ3) is 4.89. The predicted octanol–water partition coefficient (Wildman–Crippen LogP) is 2.24. The number of imide groups is 1. The predicted molar refractivity (Wildman–Crippen MR) is 102 cm³/mol. The number of rotatable bonds is 5. The molecule has 0 bridgehead atoms. The number of hydrogen-bond donors (Lipinski definition) is 3. The van der Waals surface area contributed by atoms with Gasteiger partial charge in [0.15, 0.2) is 0 Å². The van der Waals surface area contributed by atoms with Crippen LogP contribution >= 0.6 is 0 Å². The third-order valence-corrected chi connectivity index (χ3v) is 4.82. The van der Waals surface area contributed by atoms with Crippen molar-refractivity contribution in [1.29, 1.82) is 0 Å². The Kier molecular flexibility index (Phi) is 5.61. The number of anilines is 2. The normalized spacial score (nSPS) is 10.7. The maximum absolute atomic E-state index is 12.3. The zero-order chi connectivity index (χ0) is 20.0. The molecule has 142 valence electrons. The van der Waals surface area contributed by atoms with E-state index in [0.29, 0.717) is 11.3 Å². The van der Waals surface area contributed by atoms with Gasteiger partial charge < -0.3 is 5.32 Å². The maximum Gasteiger partial charge on any atom is 0.326 e. The number of amides is 3. The highest BCUT2D eigenvalue weighted by Gasteiger charge is 2.16. The second kappa shape index (κ2) is 8.27. The van der Waals surface area contributed by atoms with Crippen molar-refractivity contribution in [2.45, 2.75) is 4.90 Å². The van der Waals surface area contributed by atoms with Gasteiger partial charge in [-0.1, -0.05) is 18.2 Å². The SMILES string of the molecule is O=C(NC(=O)c1ccccc1)Nc1ccc(S(=O)(=O)Nc2ncccn2)cc1. The van der Waals surface area contributed by atoms with Crippen LogP contribution in [-0.4, -0.2) is 30.3 Å². The number of urea groups is 1. The molecule has 3 rings (SSSR count). The highest BCUT2D eigenvalue weighted by Crippen LogP contribution is 2.16. The first-order valence-electron chi connectivity index (χ1n) is 8.01. The van der Waals surface area contributed by atoms with Crippen LogP contribution in [0.2, 0.25) is 0 Å². The first-order valence-corrected chi connectivity index (χ1v) is 9.50. The quantitative estimate of drug-likeness (QED) is 0.605. The van der Waals surface area contributed by atoms with Crippen LogP contribution in [0, 0.1) is 0 Å². The van der Waals surface area contributed by atoms with E-state index < -0.39 is 22.0 Å². The summed E-state index contributed by atoms with van der Waals surface area (Å²) in [5.41, 5.74) is 0.654. The van der Waals surface area contributed by atoms with Gasteiger partial charge in [0.1, 0.15) is 0 Å². The van der Waals surface area contributed by atoms with Crippen LogP contribution in [0.15, 0.2) is 78.0 Å². The molecule has 3 aromatic rings. The van der Waals surface area contributed by atoms with Crippen molar-refractivity contribution in [2.75, 3.05) is 10.0 Å². The molecule has 0 aliphatic heterocycles. The number of nitrogens with one attached hydrogen (secondary N) is 3. The highest BCUT2D eigenvalue weighted by atomic mass is 32.2. The minimum Gasteiger partial charge on any atom is -0.308 e. The van der Waals surface area contributed by atoms with Gasteiger partial charge in [0.2, 0.25) is 5.95 Å². The second-order valence-electron chi connectivity index (χ2n) is 5.48. The van der Waals surface area contributed by atoms with Crippen LogP contribution in [0.5, 0.6) is 0 Å². The lowest BCUT2D eigenvalue weighted by Crippen LogP contribution is -2.34. The van der Waals surface area contributed by atoms with E-state index in [-0.39, 0.29) is 10.8 Å². The van der Waals surface area contributed by atoms with Crippen LogP contribution < -0.4 is 15.4 Å². The van der Waals surface area contributed by atoms with Crippen LogP contribution in [-0.2, 0) is 10.0 Å². The summed E-state index contributed by atoms with van der Waals surface area (Å²) in [5, 5.41) is 4.65. The van der Waals surface area contributed by atoms with E-state index in [1.165, 1.54) is 36.7 Å². The van der Waals surface area contributed by atoms with E-state index in [1.54, 1.807) is 36.4 Å². The number of nitrogens with zero attached hydrogens (tertiary/aromatic N) is 2. The first kappa shape index (κ1) is 19.0. The molecule has 10 heteroatoms. The maximum atomic E-state index is 12.3. The van der Waals surface area contributed by atoms with Gasteiger partial charge >= 0.3 is 6.03 Å². The summed E-state index contributed by atoms with van der Waals surface area (Å²) in [4.78, 5) is 31.4. The zero-order valence-electron chi connectivity index (χ0n) is 14.4. The van der Waals surface area contributed by atoms with Crippen molar-refractivity contribution in [3.63, 3.8) is 0 Å². The van der Waals surface area contributed by atoms with E-state index in [2.05, 4.69) is 25.3 Å². The lowest BCUT2D eigenvalue weighted by atomic mass is 10.2. The Morgan fingerprint density at radius 3 is 2.11 bits per heavy atom. The fourth-order valence-corrected chi connectivity index (χ4v) is 3.13. The lowest BCUT2D eigenvalue weighted by molar-refractivity contribution is 0.0967. The molecule has 0 spiro atoms. The van der Waals surface area contributed by atoms with Gasteiger partial charge in [-0.05, 0) is 42.5 Å². The molecule has 0 aliphatic carbocycles. The lowest BCUT2D eigenvalue weighted by Gasteiger charge is -2.09. The van der Waals surface area contributed by atoms with Crippen molar-refractivity contribution in [3.05, 3.63) is 78.6 Å². The molecule has 0 saturated carbocycles. The second-order valence-corrected chi connectivity index (χ2v) is 7.16. The number of aromatic nitrogens is 2. The molecular weight excluding hydrogens is 382 g/mol. The summed E-state index contributed by atoms with van der Waals surface area (Å²) in [6.07, 6.45) is 2.82. The minimum absolute atomic E-state index is 0.0359. The summed E-state index contributed by atoms with van der Waals surface area (Å²) in [6, 6.07) is 14.5. The number of carbonyl (C=O) groups excluding carboxylic acids is 2. The Morgan fingerprint density at radius 1 is 0.821 bits per heavy atom. The molecule has 0 unspecified atom stereocenters. The van der Waals surface area contributed by atoms with Gasteiger partial charge in [-0.2, -0.15) is 0 Å². The summed E-state index contributed by atoms with van der Waals surface area (Å²) in [6.45, 7) is 0. The van der Waals surface area contributed by atoms with Crippen molar-refractivity contribution in [2.24, 2.45) is 0 Å². The zero-order valence-corrected chi connectivity index (χ0v) is 15.2. The molecule has 0 radical (unpaired) electrons. The average Bonchev–Trinajstić information content (AvgIpc) is 2.69. The number of benzene rings is 2. The van der Waals surface area contributed by atoms with Crippen LogP contribution in [0.4, 0.5) is 16.4 Å². The number of sulfonamides is 1. The average molecular weight is 397 g/mol. The van der Waals surface area contributed by atoms with E-state index in [0.717, 1.165) is 0 Å². The fourth-order valence-electron chi connectivity index (χ4n) is 2.18. The molecule has 0 atom stereocenters. The van der Waals surface area contributed by atoms with Gasteiger partial charge in [-0.3, -0.25) is 10.1 Å². The molecule has 0 fully saturated rings.